The molecule has 10 amide bonds. The van der Waals surface area contributed by atoms with E-state index in [9.17, 15) is 67.7 Å². The van der Waals surface area contributed by atoms with Crippen molar-refractivity contribution in [1.29, 1.82) is 16.2 Å². The number of hydrogen-bond donors (Lipinski definition) is 23. The predicted molar refractivity (Wildman–Crippen MR) is 369 cm³/mol. The van der Waals surface area contributed by atoms with Crippen LogP contribution in [0.15, 0.2) is 91.0 Å². The standard InChI is InChI=1S/C65H99N21O14/c1-2-3-25-42(58(95)85-52(40-22-11-6-12-23-40)61(98)86-51(39-20-9-5-10-21-39)60(97)82-44(27-16-35-76-64(71)72)55(92)83-47(62(99)100)28-17-36-77-65(73)74)78-56(93)45(29-31-49(68)87)80-54(91)43(26-15-34-75-63(69)70)79-57(94)46(30-32-50(88)89)81-59(96)48(37-38-18-7-4-8-19-38)84-53(90)41(67)24-13-14-33-66/h4-12,18-23,41-48,51-52H,2-3,13-17,24-37,66-67H2,1H3,(H2,68,87)(H,78,93)(H,79,94)(H,80,91)(H,81,96)(H,82,97)(H,83,92)(H,84,90)(H,85,95)(H,86,98)(H,88,89)(H,99,100)(H4,69,70,75)(H4,71,72,76)(H4,73,74,77)/t41-,42-,43-,44-,45-,46-,47-,48-,51-,52-/m0/s1. The number of benzene rings is 3. The van der Waals surface area contributed by atoms with Gasteiger partial charge in [0.25, 0.3) is 0 Å². The lowest BCUT2D eigenvalue weighted by Crippen LogP contribution is -2.60. The third kappa shape index (κ3) is 32.4. The van der Waals surface area contributed by atoms with E-state index in [4.69, 9.17) is 50.6 Å². The van der Waals surface area contributed by atoms with Gasteiger partial charge in [0, 0.05) is 38.9 Å². The summed E-state index contributed by atoms with van der Waals surface area (Å²) in [5, 5.41) is 73.4. The molecular formula is C65H99N21O14. The van der Waals surface area contributed by atoms with E-state index in [0.29, 0.717) is 37.8 Å². The number of hydrogen-bond acceptors (Lipinski definition) is 17. The minimum Gasteiger partial charge on any atom is -0.481 e. The molecule has 0 bridgehead atoms. The molecule has 0 aliphatic carbocycles. The summed E-state index contributed by atoms with van der Waals surface area (Å²) >= 11 is 0. The van der Waals surface area contributed by atoms with Gasteiger partial charge in [-0.05, 0) is 93.9 Å². The first-order valence-corrected chi connectivity index (χ1v) is 32.9. The first-order chi connectivity index (χ1) is 47.6. The molecule has 35 heteroatoms. The lowest BCUT2D eigenvalue weighted by atomic mass is 10.0. The molecule has 0 aromatic heterocycles. The van der Waals surface area contributed by atoms with Crippen molar-refractivity contribution in [3.63, 3.8) is 0 Å². The molecule has 3 aromatic carbocycles. The summed E-state index contributed by atoms with van der Waals surface area (Å²) in [6, 6.07) is 9.12. The van der Waals surface area contributed by atoms with E-state index in [1.165, 1.54) is 24.3 Å². The maximum absolute atomic E-state index is 14.9. The molecule has 0 fully saturated rings. The van der Waals surface area contributed by atoms with Gasteiger partial charge in [0.2, 0.25) is 59.1 Å². The Labute approximate surface area is 579 Å². The number of primary amides is 1. The second-order valence-electron chi connectivity index (χ2n) is 23.6. The maximum Gasteiger partial charge on any atom is 0.326 e. The van der Waals surface area contributed by atoms with Crippen LogP contribution in [0.2, 0.25) is 0 Å². The van der Waals surface area contributed by atoms with Gasteiger partial charge in [0.1, 0.15) is 54.4 Å². The predicted octanol–water partition coefficient (Wildman–Crippen LogP) is -3.01. The van der Waals surface area contributed by atoms with Crippen molar-refractivity contribution >= 4 is 88.9 Å². The Morgan fingerprint density at radius 3 is 1.13 bits per heavy atom. The highest BCUT2D eigenvalue weighted by Crippen LogP contribution is 2.20. The van der Waals surface area contributed by atoms with Gasteiger partial charge in [-0.1, -0.05) is 117 Å². The summed E-state index contributed by atoms with van der Waals surface area (Å²) in [4.78, 5) is 166. The second-order valence-corrected chi connectivity index (χ2v) is 23.6. The molecule has 29 N–H and O–H groups in total. The molecule has 3 rings (SSSR count). The molecule has 10 atom stereocenters. The van der Waals surface area contributed by atoms with Crippen LogP contribution in [0.1, 0.15) is 138 Å². The van der Waals surface area contributed by atoms with Crippen molar-refractivity contribution in [1.82, 2.24) is 63.8 Å². The van der Waals surface area contributed by atoms with Crippen LogP contribution in [0.25, 0.3) is 0 Å². The van der Waals surface area contributed by atoms with Crippen molar-refractivity contribution in [2.24, 2.45) is 34.4 Å². The highest BCUT2D eigenvalue weighted by molar-refractivity contribution is 5.99. The Balaban J connectivity index is 2.02. The van der Waals surface area contributed by atoms with Crippen molar-refractivity contribution in [2.45, 2.75) is 176 Å². The largest absolute Gasteiger partial charge is 0.481 e. The zero-order chi connectivity index (χ0) is 74.1. The molecule has 0 saturated carbocycles. The Bertz CT molecular complexity index is 3210. The third-order valence-corrected chi connectivity index (χ3v) is 15.5. The van der Waals surface area contributed by atoms with Crippen molar-refractivity contribution in [3.8, 4) is 0 Å². The van der Waals surface area contributed by atoms with E-state index in [1.54, 1.807) is 73.7 Å². The molecule has 0 saturated heterocycles. The molecule has 3 aromatic rings. The van der Waals surface area contributed by atoms with Crippen LogP contribution in [0, 0.1) is 16.2 Å². The molecule has 100 heavy (non-hydrogen) atoms. The van der Waals surface area contributed by atoms with Crippen LogP contribution in [0.3, 0.4) is 0 Å². The molecule has 35 nitrogen and oxygen atoms in total. The van der Waals surface area contributed by atoms with E-state index in [0.717, 1.165) is 0 Å². The van der Waals surface area contributed by atoms with Gasteiger partial charge in [0.05, 0.1) is 6.04 Å². The Hall–Kier alpha value is -11.0. The summed E-state index contributed by atoms with van der Waals surface area (Å²) in [5.41, 5.74) is 34.6. The highest BCUT2D eigenvalue weighted by Gasteiger charge is 2.37. The molecular weight excluding hydrogens is 1300 g/mol. The van der Waals surface area contributed by atoms with Crippen molar-refractivity contribution in [3.05, 3.63) is 108 Å². The van der Waals surface area contributed by atoms with E-state index in [-0.39, 0.29) is 100 Å². The van der Waals surface area contributed by atoms with Gasteiger partial charge >= 0.3 is 11.9 Å². The summed E-state index contributed by atoms with van der Waals surface area (Å²) < 4.78 is 0. The van der Waals surface area contributed by atoms with E-state index < -0.39 is 163 Å². The molecule has 0 heterocycles. The van der Waals surface area contributed by atoms with Crippen molar-refractivity contribution in [2.75, 3.05) is 26.2 Å². The van der Waals surface area contributed by atoms with Crippen LogP contribution in [-0.2, 0) is 64.0 Å². The van der Waals surface area contributed by atoms with Gasteiger partial charge < -0.3 is 108 Å². The fourth-order valence-corrected chi connectivity index (χ4v) is 10.1. The Morgan fingerprint density at radius 1 is 0.390 bits per heavy atom. The van der Waals surface area contributed by atoms with Crippen molar-refractivity contribution < 1.29 is 67.7 Å². The first-order valence-electron chi connectivity index (χ1n) is 32.9. The number of amides is 10. The molecule has 0 aliphatic rings. The lowest BCUT2D eigenvalue weighted by molar-refractivity contribution is -0.142. The van der Waals surface area contributed by atoms with Gasteiger partial charge in [-0.15, -0.1) is 0 Å². The number of guanidine groups is 3. The van der Waals surface area contributed by atoms with Gasteiger partial charge in [-0.2, -0.15) is 0 Å². The van der Waals surface area contributed by atoms with Crippen LogP contribution in [-0.4, -0.2) is 174 Å². The number of aliphatic carboxylic acids is 2. The summed E-state index contributed by atoms with van der Waals surface area (Å²) in [6.07, 6.45) is -0.422. The monoisotopic (exact) mass is 1400 g/mol. The smallest absolute Gasteiger partial charge is 0.326 e. The minimum absolute atomic E-state index is 0.0166. The SMILES string of the molecule is CCCC[C@H](NC(=O)[C@H](CCC(N)=O)NC(=O)[C@H](CCCNC(=N)N)NC(=O)[C@H](CCC(=O)O)NC(=O)[C@H](Cc1ccccc1)NC(=O)[C@@H](N)CCCCN)C(=O)N[C@H](C(=O)N[C@H](C(=O)N[C@@H](CCCNC(=N)N)C(=O)N[C@@H](CCCNC(=N)N)C(=O)O)c1ccccc1)c1ccccc1. The lowest BCUT2D eigenvalue weighted by Gasteiger charge is -2.28. The zero-order valence-corrected chi connectivity index (χ0v) is 56.0. The summed E-state index contributed by atoms with van der Waals surface area (Å²) in [7, 11) is 0. The highest BCUT2D eigenvalue weighted by atomic mass is 16.4. The second kappa shape index (κ2) is 45.5. The van der Waals surface area contributed by atoms with Crippen LogP contribution >= 0.6 is 0 Å². The van der Waals surface area contributed by atoms with E-state index in [2.05, 4.69) is 63.8 Å². The molecule has 0 unspecified atom stereocenters. The molecule has 0 spiro atoms. The number of nitrogens with one attached hydrogen (secondary N) is 15. The number of carboxylic acids is 2. The normalized spacial score (nSPS) is 13.8. The quantitative estimate of drug-likeness (QED) is 0.0152. The number of carbonyl (C=O) groups excluding carboxylic acids is 10. The van der Waals surface area contributed by atoms with Crippen LogP contribution in [0.4, 0.5) is 0 Å². The topological polar surface area (TPSA) is 617 Å². The Morgan fingerprint density at radius 2 is 0.730 bits per heavy atom. The fraction of sp³-hybridized carbons (Fsp3) is 0.492. The zero-order valence-electron chi connectivity index (χ0n) is 56.0. The number of carbonyl (C=O) groups is 12. The average molecular weight is 1400 g/mol. The van der Waals surface area contributed by atoms with E-state index >= 15 is 0 Å². The number of nitrogens with two attached hydrogens (primary N) is 6. The number of carboxylic acid groups (broad SMARTS) is 2. The minimum atomic E-state index is -1.68. The van der Waals surface area contributed by atoms with Gasteiger partial charge in [0.15, 0.2) is 17.9 Å². The van der Waals surface area contributed by atoms with Crippen LogP contribution in [0.5, 0.6) is 0 Å². The Kier molecular flexibility index (Phi) is 37.9. The first kappa shape index (κ1) is 83.3. The van der Waals surface area contributed by atoms with Gasteiger partial charge in [-0.3, -0.25) is 69.0 Å². The molecule has 0 aliphatic heterocycles. The fourth-order valence-electron chi connectivity index (χ4n) is 10.1. The molecule has 548 valence electrons. The summed E-state index contributed by atoms with van der Waals surface area (Å²) in [6.45, 7) is 2.31. The number of unbranched alkanes of at least 4 members (excludes halogenated alkanes) is 2. The maximum atomic E-state index is 14.9. The average Bonchev–Trinajstić information content (AvgIpc) is 0.850. The van der Waals surface area contributed by atoms with E-state index in [1.807, 2.05) is 0 Å². The van der Waals surface area contributed by atoms with Crippen LogP contribution < -0.4 is 98.2 Å². The number of rotatable bonds is 48. The third-order valence-electron chi connectivity index (χ3n) is 15.5. The van der Waals surface area contributed by atoms with Gasteiger partial charge in [-0.25, -0.2) is 4.79 Å². The molecule has 0 radical (unpaired) electrons. The summed E-state index contributed by atoms with van der Waals surface area (Å²) in [5.74, 6) is -13.3.